The van der Waals surface area contributed by atoms with Gasteiger partial charge < -0.3 is 15.4 Å². The van der Waals surface area contributed by atoms with E-state index < -0.39 is 0 Å². The fourth-order valence-corrected chi connectivity index (χ4v) is 2.84. The highest BCUT2D eigenvalue weighted by molar-refractivity contribution is 5.96. The average molecular weight is 276 g/mol. The zero-order valence-electron chi connectivity index (χ0n) is 12.4. The summed E-state index contributed by atoms with van der Waals surface area (Å²) in [6.07, 6.45) is 3.73. The van der Waals surface area contributed by atoms with Crippen LogP contribution in [-0.2, 0) is 4.74 Å². The van der Waals surface area contributed by atoms with E-state index in [1.54, 1.807) is 13.0 Å². The van der Waals surface area contributed by atoms with Gasteiger partial charge in [-0.15, -0.1) is 0 Å². The molecule has 1 aromatic rings. The molecule has 1 heterocycles. The molecule has 0 spiro atoms. The Labute approximate surface area is 120 Å². The number of benzene rings is 1. The van der Waals surface area contributed by atoms with Crippen LogP contribution in [0.3, 0.4) is 0 Å². The minimum atomic E-state index is -0.337. The highest BCUT2D eigenvalue weighted by Gasteiger charge is 2.23. The van der Waals surface area contributed by atoms with Crippen LogP contribution in [0.4, 0.5) is 11.4 Å². The van der Waals surface area contributed by atoms with Gasteiger partial charge >= 0.3 is 5.97 Å². The third-order valence-electron chi connectivity index (χ3n) is 3.88. The molecule has 0 saturated carbocycles. The zero-order valence-corrected chi connectivity index (χ0v) is 12.4. The van der Waals surface area contributed by atoms with E-state index in [2.05, 4.69) is 11.8 Å². The molecular formula is C16H24N2O2. The van der Waals surface area contributed by atoms with Gasteiger partial charge in [-0.25, -0.2) is 4.79 Å². The molecule has 1 aliphatic rings. The summed E-state index contributed by atoms with van der Waals surface area (Å²) in [5, 5.41) is 0. The Morgan fingerprint density at radius 2 is 2.25 bits per heavy atom. The molecular weight excluding hydrogens is 252 g/mol. The zero-order chi connectivity index (χ0) is 14.5. The van der Waals surface area contributed by atoms with Gasteiger partial charge in [0.25, 0.3) is 0 Å². The van der Waals surface area contributed by atoms with Crippen molar-refractivity contribution in [3.8, 4) is 0 Å². The third kappa shape index (κ3) is 3.24. The molecule has 0 aromatic heterocycles. The lowest BCUT2D eigenvalue weighted by Gasteiger charge is -2.20. The molecule has 1 aliphatic heterocycles. The molecule has 20 heavy (non-hydrogen) atoms. The van der Waals surface area contributed by atoms with Crippen LogP contribution in [0.1, 0.15) is 43.5 Å². The SMILES string of the molecule is CCCC1CCN(c2ccc(N)c(C(=O)OCC)c2)C1. The first-order valence-electron chi connectivity index (χ1n) is 7.47. The molecule has 110 valence electrons. The maximum atomic E-state index is 11.9. The standard InChI is InChI=1S/C16H24N2O2/c1-3-5-12-8-9-18(11-12)13-6-7-15(17)14(10-13)16(19)20-4-2/h6-7,10,12H,3-5,8-9,11,17H2,1-2H3. The first-order chi connectivity index (χ1) is 9.65. The first-order valence-corrected chi connectivity index (χ1v) is 7.47. The maximum absolute atomic E-state index is 11.9. The normalized spacial score (nSPS) is 18.3. The quantitative estimate of drug-likeness (QED) is 0.663. The predicted molar refractivity (Wildman–Crippen MR) is 82.0 cm³/mol. The highest BCUT2D eigenvalue weighted by Crippen LogP contribution is 2.29. The second-order valence-corrected chi connectivity index (χ2v) is 5.38. The molecule has 0 amide bonds. The van der Waals surface area contributed by atoms with Crippen molar-refractivity contribution >= 4 is 17.3 Å². The van der Waals surface area contributed by atoms with E-state index in [-0.39, 0.29) is 5.97 Å². The molecule has 0 bridgehead atoms. The second kappa shape index (κ2) is 6.64. The summed E-state index contributed by atoms with van der Waals surface area (Å²) >= 11 is 0. The van der Waals surface area contributed by atoms with Crippen molar-refractivity contribution in [3.05, 3.63) is 23.8 Å². The van der Waals surface area contributed by atoms with Crippen molar-refractivity contribution in [2.24, 2.45) is 5.92 Å². The Morgan fingerprint density at radius 3 is 2.95 bits per heavy atom. The van der Waals surface area contributed by atoms with Crippen LogP contribution in [0.5, 0.6) is 0 Å². The van der Waals surface area contributed by atoms with Gasteiger partial charge in [-0.05, 0) is 43.9 Å². The van der Waals surface area contributed by atoms with E-state index in [1.807, 2.05) is 12.1 Å². The van der Waals surface area contributed by atoms with Crippen molar-refractivity contribution in [2.75, 3.05) is 30.3 Å². The topological polar surface area (TPSA) is 55.6 Å². The summed E-state index contributed by atoms with van der Waals surface area (Å²) in [4.78, 5) is 14.2. The predicted octanol–water partition coefficient (Wildman–Crippen LogP) is 3.07. The summed E-state index contributed by atoms with van der Waals surface area (Å²) in [6.45, 7) is 6.51. The average Bonchev–Trinajstić information content (AvgIpc) is 2.88. The van der Waals surface area contributed by atoms with E-state index in [1.165, 1.54) is 19.3 Å². The van der Waals surface area contributed by atoms with Crippen molar-refractivity contribution in [2.45, 2.75) is 33.1 Å². The van der Waals surface area contributed by atoms with E-state index in [0.29, 0.717) is 17.9 Å². The summed E-state index contributed by atoms with van der Waals surface area (Å²) < 4.78 is 5.05. The number of nitrogens with two attached hydrogens (primary N) is 1. The van der Waals surface area contributed by atoms with Crippen molar-refractivity contribution in [3.63, 3.8) is 0 Å². The monoisotopic (exact) mass is 276 g/mol. The van der Waals surface area contributed by atoms with E-state index in [4.69, 9.17) is 10.5 Å². The van der Waals surface area contributed by atoms with Crippen molar-refractivity contribution < 1.29 is 9.53 Å². The Hall–Kier alpha value is -1.71. The number of hydrogen-bond acceptors (Lipinski definition) is 4. The van der Waals surface area contributed by atoms with E-state index >= 15 is 0 Å². The van der Waals surface area contributed by atoms with Gasteiger partial charge in [-0.3, -0.25) is 0 Å². The van der Waals surface area contributed by atoms with Gasteiger partial charge in [-0.2, -0.15) is 0 Å². The molecule has 2 N–H and O–H groups in total. The van der Waals surface area contributed by atoms with Crippen LogP contribution in [0.25, 0.3) is 0 Å². The molecule has 1 saturated heterocycles. The number of hydrogen-bond donors (Lipinski definition) is 1. The molecule has 0 radical (unpaired) electrons. The van der Waals surface area contributed by atoms with E-state index in [0.717, 1.165) is 24.7 Å². The number of nitrogens with zero attached hydrogens (tertiary/aromatic N) is 1. The number of ether oxygens (including phenoxy) is 1. The molecule has 1 atom stereocenters. The van der Waals surface area contributed by atoms with Crippen LogP contribution in [0.15, 0.2) is 18.2 Å². The molecule has 4 nitrogen and oxygen atoms in total. The third-order valence-corrected chi connectivity index (χ3v) is 3.88. The van der Waals surface area contributed by atoms with Gasteiger partial charge in [0.15, 0.2) is 0 Å². The van der Waals surface area contributed by atoms with Crippen LogP contribution >= 0.6 is 0 Å². The lowest BCUT2D eigenvalue weighted by atomic mass is 10.0. The lowest BCUT2D eigenvalue weighted by Crippen LogP contribution is -2.20. The molecule has 1 aromatic carbocycles. The summed E-state index contributed by atoms with van der Waals surface area (Å²) in [6, 6.07) is 5.66. The minimum Gasteiger partial charge on any atom is -0.462 e. The van der Waals surface area contributed by atoms with Crippen LogP contribution in [0.2, 0.25) is 0 Å². The first kappa shape index (κ1) is 14.7. The van der Waals surface area contributed by atoms with Crippen LogP contribution < -0.4 is 10.6 Å². The highest BCUT2D eigenvalue weighted by atomic mass is 16.5. The summed E-state index contributed by atoms with van der Waals surface area (Å²) in [5.41, 5.74) is 7.90. The van der Waals surface area contributed by atoms with Gasteiger partial charge in [0, 0.05) is 24.5 Å². The smallest absolute Gasteiger partial charge is 0.340 e. The number of carbonyl (C=O) groups excluding carboxylic acids is 1. The van der Waals surface area contributed by atoms with Gasteiger partial charge in [0.1, 0.15) is 0 Å². The van der Waals surface area contributed by atoms with Gasteiger partial charge in [-0.1, -0.05) is 13.3 Å². The number of esters is 1. The maximum Gasteiger partial charge on any atom is 0.340 e. The Bertz CT molecular complexity index is 474. The number of rotatable bonds is 5. The molecule has 1 unspecified atom stereocenters. The largest absolute Gasteiger partial charge is 0.462 e. The Morgan fingerprint density at radius 1 is 1.45 bits per heavy atom. The number of carbonyl (C=O) groups is 1. The fraction of sp³-hybridized carbons (Fsp3) is 0.562. The Balaban J connectivity index is 2.13. The fourth-order valence-electron chi connectivity index (χ4n) is 2.84. The van der Waals surface area contributed by atoms with Gasteiger partial charge in [0.2, 0.25) is 0 Å². The molecule has 1 fully saturated rings. The molecule has 2 rings (SSSR count). The van der Waals surface area contributed by atoms with E-state index in [9.17, 15) is 4.79 Å². The lowest BCUT2D eigenvalue weighted by molar-refractivity contribution is 0.0527. The van der Waals surface area contributed by atoms with Crippen molar-refractivity contribution in [1.29, 1.82) is 0 Å². The molecule has 0 aliphatic carbocycles. The summed E-state index contributed by atoms with van der Waals surface area (Å²) in [7, 11) is 0. The second-order valence-electron chi connectivity index (χ2n) is 5.38. The minimum absolute atomic E-state index is 0.337. The van der Waals surface area contributed by atoms with Crippen LogP contribution in [-0.4, -0.2) is 25.7 Å². The summed E-state index contributed by atoms with van der Waals surface area (Å²) in [5.74, 6) is 0.430. The van der Waals surface area contributed by atoms with Crippen LogP contribution in [0, 0.1) is 5.92 Å². The number of anilines is 2. The van der Waals surface area contributed by atoms with Crippen molar-refractivity contribution in [1.82, 2.24) is 0 Å². The van der Waals surface area contributed by atoms with Gasteiger partial charge in [0.05, 0.1) is 12.2 Å². The number of nitrogen functional groups attached to an aromatic ring is 1. The Kier molecular flexibility index (Phi) is 4.88. The molecule has 4 heteroatoms.